The molecule has 0 fully saturated rings. The molecule has 0 aliphatic carbocycles. The Morgan fingerprint density at radius 2 is 1.87 bits per heavy atom. The Hall–Kier alpha value is -2.90. The van der Waals surface area contributed by atoms with Gasteiger partial charge in [-0.3, -0.25) is 9.78 Å². The van der Waals surface area contributed by atoms with E-state index in [9.17, 15) is 4.79 Å². The molecule has 3 rings (SSSR count). The van der Waals surface area contributed by atoms with Crippen LogP contribution in [-0.2, 0) is 16.1 Å². The van der Waals surface area contributed by atoms with Crippen molar-refractivity contribution in [3.8, 4) is 28.4 Å². The summed E-state index contributed by atoms with van der Waals surface area (Å²) in [6.45, 7) is 6.24. The SMILES string of the molecule is CCOCc1[nH]c(-c2ccc(-c3ccc(OCC(C)(C)C(=O)O)cc3)nc2)nc1Cl. The summed E-state index contributed by atoms with van der Waals surface area (Å²) < 4.78 is 11.0. The van der Waals surface area contributed by atoms with Gasteiger partial charge in [0.1, 0.15) is 18.2 Å². The fraction of sp³-hybridized carbons (Fsp3) is 0.318. The lowest BCUT2D eigenvalue weighted by atomic mass is 9.95. The van der Waals surface area contributed by atoms with Gasteiger partial charge in [0.2, 0.25) is 0 Å². The molecule has 0 bridgehead atoms. The molecule has 30 heavy (non-hydrogen) atoms. The molecule has 2 N–H and O–H groups in total. The Kier molecular flexibility index (Phi) is 6.74. The summed E-state index contributed by atoms with van der Waals surface area (Å²) in [6.07, 6.45) is 1.73. The molecule has 0 atom stereocenters. The molecule has 0 saturated carbocycles. The number of benzene rings is 1. The van der Waals surface area contributed by atoms with Crippen LogP contribution in [0.2, 0.25) is 5.15 Å². The number of rotatable bonds is 9. The maximum atomic E-state index is 11.2. The predicted octanol–water partition coefficient (Wildman–Crippen LogP) is 4.82. The molecule has 3 aromatic rings. The first kappa shape index (κ1) is 21.8. The Bertz CT molecular complexity index is 998. The molecule has 2 heterocycles. The van der Waals surface area contributed by atoms with Crippen LogP contribution in [0.4, 0.5) is 0 Å². The van der Waals surface area contributed by atoms with Gasteiger partial charge in [-0.1, -0.05) is 11.6 Å². The van der Waals surface area contributed by atoms with Gasteiger partial charge in [-0.15, -0.1) is 0 Å². The molecule has 0 radical (unpaired) electrons. The van der Waals surface area contributed by atoms with Crippen LogP contribution < -0.4 is 4.74 Å². The summed E-state index contributed by atoms with van der Waals surface area (Å²) >= 11 is 6.16. The van der Waals surface area contributed by atoms with Crippen LogP contribution in [-0.4, -0.2) is 39.2 Å². The number of aromatic nitrogens is 3. The van der Waals surface area contributed by atoms with E-state index in [0.717, 1.165) is 22.5 Å². The van der Waals surface area contributed by atoms with Gasteiger partial charge in [0, 0.05) is 23.9 Å². The molecule has 0 amide bonds. The van der Waals surface area contributed by atoms with E-state index in [0.29, 0.717) is 29.9 Å². The second-order valence-electron chi connectivity index (χ2n) is 7.43. The summed E-state index contributed by atoms with van der Waals surface area (Å²) in [4.78, 5) is 23.2. The second kappa shape index (κ2) is 9.28. The summed E-state index contributed by atoms with van der Waals surface area (Å²) in [6, 6.07) is 11.2. The standard InChI is InChI=1S/C22H24ClN3O4/c1-4-29-12-18-19(23)26-20(25-18)15-7-10-17(24-11-15)14-5-8-16(9-6-14)30-13-22(2,3)21(27)28/h5-11H,4,12-13H2,1-3H3,(H,25,26)(H,27,28). The Morgan fingerprint density at radius 3 is 2.47 bits per heavy atom. The minimum Gasteiger partial charge on any atom is -0.492 e. The molecule has 0 spiro atoms. The predicted molar refractivity (Wildman–Crippen MR) is 115 cm³/mol. The van der Waals surface area contributed by atoms with Crippen LogP contribution in [0.5, 0.6) is 5.75 Å². The van der Waals surface area contributed by atoms with Crippen molar-refractivity contribution in [3.05, 3.63) is 53.4 Å². The van der Waals surface area contributed by atoms with Gasteiger partial charge in [-0.05, 0) is 57.2 Å². The lowest BCUT2D eigenvalue weighted by Gasteiger charge is -2.19. The number of aliphatic carboxylic acids is 1. The molecular formula is C22H24ClN3O4. The fourth-order valence-corrected chi connectivity index (χ4v) is 2.76. The Labute approximate surface area is 180 Å². The smallest absolute Gasteiger partial charge is 0.312 e. The van der Waals surface area contributed by atoms with Gasteiger partial charge >= 0.3 is 5.97 Å². The zero-order valence-corrected chi connectivity index (χ0v) is 17.9. The van der Waals surface area contributed by atoms with Gasteiger partial charge in [0.25, 0.3) is 0 Å². The van der Waals surface area contributed by atoms with Gasteiger partial charge in [0.05, 0.1) is 23.4 Å². The molecule has 1 aromatic carbocycles. The van der Waals surface area contributed by atoms with Crippen molar-refractivity contribution in [1.82, 2.24) is 15.0 Å². The molecule has 0 unspecified atom stereocenters. The summed E-state index contributed by atoms with van der Waals surface area (Å²) in [5.41, 5.74) is 2.32. The zero-order valence-electron chi connectivity index (χ0n) is 17.1. The number of halogens is 1. The van der Waals surface area contributed by atoms with Crippen LogP contribution in [0.25, 0.3) is 22.6 Å². The quantitative estimate of drug-likeness (QED) is 0.506. The number of nitrogens with one attached hydrogen (secondary N) is 1. The second-order valence-corrected chi connectivity index (χ2v) is 7.78. The number of H-pyrrole nitrogens is 1. The molecular weight excluding hydrogens is 406 g/mol. The van der Waals surface area contributed by atoms with Crippen molar-refractivity contribution in [2.45, 2.75) is 27.4 Å². The topological polar surface area (TPSA) is 97.3 Å². The molecule has 0 aliphatic rings. The third kappa shape index (κ3) is 5.17. The van der Waals surface area contributed by atoms with E-state index in [2.05, 4.69) is 15.0 Å². The number of hydrogen-bond acceptors (Lipinski definition) is 5. The average molecular weight is 430 g/mol. The lowest BCUT2D eigenvalue weighted by molar-refractivity contribution is -0.148. The molecule has 7 nitrogen and oxygen atoms in total. The molecule has 8 heteroatoms. The number of hydrogen-bond donors (Lipinski definition) is 2. The number of ether oxygens (including phenoxy) is 2. The van der Waals surface area contributed by atoms with E-state index in [1.807, 2.05) is 31.2 Å². The number of carboxylic acid groups (broad SMARTS) is 1. The van der Waals surface area contributed by atoms with Gasteiger partial charge in [0.15, 0.2) is 5.15 Å². The first-order valence-corrected chi connectivity index (χ1v) is 9.93. The molecule has 0 saturated heterocycles. The highest BCUT2D eigenvalue weighted by Gasteiger charge is 2.28. The normalized spacial score (nSPS) is 11.5. The highest BCUT2D eigenvalue weighted by Crippen LogP contribution is 2.26. The highest BCUT2D eigenvalue weighted by molar-refractivity contribution is 6.30. The third-order valence-corrected chi connectivity index (χ3v) is 4.86. The summed E-state index contributed by atoms with van der Waals surface area (Å²) in [5, 5.41) is 9.56. The molecule has 0 aliphatic heterocycles. The van der Waals surface area contributed by atoms with Crippen LogP contribution in [0.1, 0.15) is 26.5 Å². The first-order chi connectivity index (χ1) is 14.3. The van der Waals surface area contributed by atoms with Crippen LogP contribution in [0.3, 0.4) is 0 Å². The minimum absolute atomic E-state index is 0.0889. The van der Waals surface area contributed by atoms with Crippen LogP contribution in [0, 0.1) is 5.41 Å². The Balaban J connectivity index is 1.68. The van der Waals surface area contributed by atoms with E-state index in [1.165, 1.54) is 0 Å². The largest absolute Gasteiger partial charge is 0.492 e. The van der Waals surface area contributed by atoms with Crippen molar-refractivity contribution in [2.24, 2.45) is 5.41 Å². The number of carbonyl (C=O) groups is 1. The molecule has 158 valence electrons. The van der Waals surface area contributed by atoms with Gasteiger partial charge in [-0.25, -0.2) is 4.98 Å². The van der Waals surface area contributed by atoms with Crippen molar-refractivity contribution >= 4 is 17.6 Å². The van der Waals surface area contributed by atoms with Crippen molar-refractivity contribution in [2.75, 3.05) is 13.2 Å². The van der Waals surface area contributed by atoms with E-state index >= 15 is 0 Å². The van der Waals surface area contributed by atoms with E-state index < -0.39 is 11.4 Å². The monoisotopic (exact) mass is 429 g/mol. The number of carboxylic acids is 1. The van der Waals surface area contributed by atoms with E-state index in [1.54, 1.807) is 32.2 Å². The first-order valence-electron chi connectivity index (χ1n) is 9.55. The lowest BCUT2D eigenvalue weighted by Crippen LogP contribution is -2.30. The van der Waals surface area contributed by atoms with Crippen LogP contribution in [0.15, 0.2) is 42.6 Å². The summed E-state index contributed by atoms with van der Waals surface area (Å²) in [5.74, 6) is 0.349. The van der Waals surface area contributed by atoms with E-state index in [-0.39, 0.29) is 6.61 Å². The number of aromatic amines is 1. The van der Waals surface area contributed by atoms with Crippen molar-refractivity contribution in [1.29, 1.82) is 0 Å². The average Bonchev–Trinajstić information content (AvgIpc) is 3.11. The van der Waals surface area contributed by atoms with Crippen LogP contribution >= 0.6 is 11.6 Å². The summed E-state index contributed by atoms with van der Waals surface area (Å²) in [7, 11) is 0. The maximum absolute atomic E-state index is 11.2. The minimum atomic E-state index is -0.951. The highest BCUT2D eigenvalue weighted by atomic mass is 35.5. The van der Waals surface area contributed by atoms with Crippen molar-refractivity contribution in [3.63, 3.8) is 0 Å². The van der Waals surface area contributed by atoms with Crippen molar-refractivity contribution < 1.29 is 19.4 Å². The fourth-order valence-electron chi connectivity index (χ4n) is 2.58. The third-order valence-electron chi connectivity index (χ3n) is 4.54. The Morgan fingerprint density at radius 1 is 1.17 bits per heavy atom. The number of imidazole rings is 1. The molecule has 2 aromatic heterocycles. The van der Waals surface area contributed by atoms with E-state index in [4.69, 9.17) is 26.2 Å². The number of pyridine rings is 1. The number of nitrogens with zero attached hydrogens (tertiary/aromatic N) is 2. The van der Waals surface area contributed by atoms with Gasteiger partial charge < -0.3 is 19.6 Å². The maximum Gasteiger partial charge on any atom is 0.312 e. The van der Waals surface area contributed by atoms with Gasteiger partial charge in [-0.2, -0.15) is 0 Å². The zero-order chi connectivity index (χ0) is 21.7.